The highest BCUT2D eigenvalue weighted by molar-refractivity contribution is 14.1. The molecule has 0 saturated carbocycles. The second-order valence-corrected chi connectivity index (χ2v) is 8.16. The SMILES string of the molecule is C/C(I)=C1/CN(OCc2ccccc2)C(=O)C1(C)CC(C)C. The first-order valence-corrected chi connectivity index (χ1v) is 8.77. The first kappa shape index (κ1) is 17.5. The second-order valence-electron chi connectivity index (χ2n) is 6.54. The van der Waals surface area contributed by atoms with Crippen LogP contribution in [0.3, 0.4) is 0 Å². The lowest BCUT2D eigenvalue weighted by Gasteiger charge is -2.26. The molecule has 1 amide bonds. The van der Waals surface area contributed by atoms with Gasteiger partial charge in [-0.25, -0.2) is 5.06 Å². The van der Waals surface area contributed by atoms with Crippen molar-refractivity contribution in [1.29, 1.82) is 0 Å². The van der Waals surface area contributed by atoms with Crippen LogP contribution in [0.2, 0.25) is 0 Å². The van der Waals surface area contributed by atoms with Crippen LogP contribution in [0, 0.1) is 11.3 Å². The van der Waals surface area contributed by atoms with Gasteiger partial charge < -0.3 is 0 Å². The normalized spacial score (nSPS) is 24.3. The van der Waals surface area contributed by atoms with E-state index in [0.29, 0.717) is 19.1 Å². The van der Waals surface area contributed by atoms with Gasteiger partial charge >= 0.3 is 0 Å². The maximum atomic E-state index is 12.9. The van der Waals surface area contributed by atoms with E-state index in [2.05, 4.69) is 50.3 Å². The average molecular weight is 413 g/mol. The van der Waals surface area contributed by atoms with Gasteiger partial charge in [-0.15, -0.1) is 0 Å². The minimum absolute atomic E-state index is 0.0862. The van der Waals surface area contributed by atoms with Crippen LogP contribution in [0.25, 0.3) is 0 Å². The topological polar surface area (TPSA) is 29.5 Å². The standard InChI is InChI=1S/C18H24INO2/c1-13(2)10-18(4)16(14(3)19)11-20(17(18)21)22-12-15-8-6-5-7-9-15/h5-9,13H,10-12H2,1-4H3/b16-14+. The number of hydrogen-bond donors (Lipinski definition) is 0. The van der Waals surface area contributed by atoms with Crippen molar-refractivity contribution in [2.75, 3.05) is 6.54 Å². The number of benzene rings is 1. The highest BCUT2D eigenvalue weighted by atomic mass is 127. The molecular formula is C18H24INO2. The molecule has 0 spiro atoms. The van der Waals surface area contributed by atoms with Crippen molar-refractivity contribution in [3.05, 3.63) is 45.0 Å². The van der Waals surface area contributed by atoms with Crippen molar-refractivity contribution in [3.63, 3.8) is 0 Å². The van der Waals surface area contributed by atoms with Gasteiger partial charge in [-0.2, -0.15) is 0 Å². The van der Waals surface area contributed by atoms with Crippen molar-refractivity contribution < 1.29 is 9.63 Å². The number of allylic oxidation sites excluding steroid dienone is 1. The van der Waals surface area contributed by atoms with Crippen LogP contribution in [0.1, 0.15) is 39.7 Å². The molecule has 1 aliphatic rings. The van der Waals surface area contributed by atoms with Crippen molar-refractivity contribution in [2.24, 2.45) is 11.3 Å². The van der Waals surface area contributed by atoms with E-state index in [1.807, 2.05) is 30.3 Å². The maximum absolute atomic E-state index is 12.9. The third-order valence-electron chi connectivity index (χ3n) is 4.13. The predicted molar refractivity (Wildman–Crippen MR) is 97.2 cm³/mol. The molecule has 0 N–H and O–H groups in total. The summed E-state index contributed by atoms with van der Waals surface area (Å²) in [5, 5.41) is 1.55. The van der Waals surface area contributed by atoms with E-state index in [4.69, 9.17) is 4.84 Å². The summed E-state index contributed by atoms with van der Waals surface area (Å²) in [7, 11) is 0. The first-order chi connectivity index (χ1) is 10.3. The Hall–Kier alpha value is -0.880. The van der Waals surface area contributed by atoms with Gasteiger partial charge in [-0.3, -0.25) is 9.63 Å². The summed E-state index contributed by atoms with van der Waals surface area (Å²) in [6.45, 7) is 9.45. The zero-order valence-electron chi connectivity index (χ0n) is 13.7. The summed E-state index contributed by atoms with van der Waals surface area (Å²) in [5.41, 5.74) is 1.83. The Balaban J connectivity index is 2.15. The van der Waals surface area contributed by atoms with Crippen molar-refractivity contribution in [1.82, 2.24) is 5.06 Å². The van der Waals surface area contributed by atoms with Gasteiger partial charge in [0.05, 0.1) is 12.0 Å². The van der Waals surface area contributed by atoms with Crippen LogP contribution in [-0.2, 0) is 16.2 Å². The molecule has 1 fully saturated rings. The number of hydrogen-bond acceptors (Lipinski definition) is 2. The Kier molecular flexibility index (Phi) is 5.66. The number of nitrogens with zero attached hydrogens (tertiary/aromatic N) is 1. The molecule has 120 valence electrons. The molecule has 1 unspecified atom stereocenters. The minimum atomic E-state index is -0.434. The van der Waals surface area contributed by atoms with Gasteiger partial charge in [-0.05, 0) is 63.5 Å². The largest absolute Gasteiger partial charge is 0.272 e. The van der Waals surface area contributed by atoms with Crippen LogP contribution < -0.4 is 0 Å². The monoisotopic (exact) mass is 413 g/mol. The smallest absolute Gasteiger partial charge is 0.256 e. The van der Waals surface area contributed by atoms with Crippen LogP contribution in [0.4, 0.5) is 0 Å². The number of carbonyl (C=O) groups is 1. The van der Waals surface area contributed by atoms with E-state index in [1.54, 1.807) is 5.06 Å². The third kappa shape index (κ3) is 3.71. The van der Waals surface area contributed by atoms with Gasteiger partial charge in [0, 0.05) is 0 Å². The summed E-state index contributed by atoms with van der Waals surface area (Å²) >= 11 is 2.32. The molecule has 1 aliphatic heterocycles. The molecule has 2 rings (SSSR count). The van der Waals surface area contributed by atoms with Gasteiger partial charge in [0.2, 0.25) is 0 Å². The van der Waals surface area contributed by atoms with Gasteiger partial charge in [0.1, 0.15) is 6.61 Å². The lowest BCUT2D eigenvalue weighted by molar-refractivity contribution is -0.187. The molecule has 1 heterocycles. The van der Waals surface area contributed by atoms with Gasteiger partial charge in [-0.1, -0.05) is 44.2 Å². The summed E-state index contributed by atoms with van der Waals surface area (Å²) < 4.78 is 1.19. The fourth-order valence-corrected chi connectivity index (χ4v) is 3.91. The summed E-state index contributed by atoms with van der Waals surface area (Å²) in [4.78, 5) is 18.7. The Morgan fingerprint density at radius 3 is 2.55 bits per heavy atom. The number of carbonyl (C=O) groups excluding carboxylic acids is 1. The van der Waals surface area contributed by atoms with E-state index >= 15 is 0 Å². The highest BCUT2D eigenvalue weighted by Crippen LogP contribution is 2.44. The molecule has 4 heteroatoms. The molecule has 1 aromatic rings. The zero-order valence-corrected chi connectivity index (χ0v) is 15.9. The number of amides is 1. The number of halogens is 1. The lowest BCUT2D eigenvalue weighted by atomic mass is 9.77. The van der Waals surface area contributed by atoms with Crippen LogP contribution in [0.15, 0.2) is 39.5 Å². The fourth-order valence-electron chi connectivity index (χ4n) is 3.14. The Morgan fingerprint density at radius 2 is 2.00 bits per heavy atom. The number of hydroxylamine groups is 2. The summed E-state index contributed by atoms with van der Waals surface area (Å²) in [6, 6.07) is 9.95. The van der Waals surface area contributed by atoms with E-state index < -0.39 is 5.41 Å². The Morgan fingerprint density at radius 1 is 1.36 bits per heavy atom. The second kappa shape index (κ2) is 7.13. The molecular weight excluding hydrogens is 389 g/mol. The fraction of sp³-hybridized carbons (Fsp3) is 0.500. The first-order valence-electron chi connectivity index (χ1n) is 7.69. The minimum Gasteiger partial charge on any atom is -0.272 e. The molecule has 1 aromatic carbocycles. The molecule has 0 bridgehead atoms. The number of rotatable bonds is 5. The van der Waals surface area contributed by atoms with Crippen LogP contribution in [0.5, 0.6) is 0 Å². The third-order valence-corrected chi connectivity index (χ3v) is 4.78. The molecule has 1 saturated heterocycles. The quantitative estimate of drug-likeness (QED) is 0.654. The molecule has 3 nitrogen and oxygen atoms in total. The average Bonchev–Trinajstić information content (AvgIpc) is 2.69. The van der Waals surface area contributed by atoms with Crippen molar-refractivity contribution in [2.45, 2.75) is 40.7 Å². The van der Waals surface area contributed by atoms with E-state index in [-0.39, 0.29) is 5.91 Å². The van der Waals surface area contributed by atoms with Crippen molar-refractivity contribution >= 4 is 28.5 Å². The lowest BCUT2D eigenvalue weighted by Crippen LogP contribution is -2.34. The highest BCUT2D eigenvalue weighted by Gasteiger charge is 2.48. The molecule has 1 atom stereocenters. The van der Waals surface area contributed by atoms with Gasteiger partial charge in [0.25, 0.3) is 5.91 Å². The summed E-state index contributed by atoms with van der Waals surface area (Å²) in [6.07, 6.45) is 0.854. The van der Waals surface area contributed by atoms with E-state index in [9.17, 15) is 4.79 Å². The van der Waals surface area contributed by atoms with E-state index in [1.165, 1.54) is 9.15 Å². The molecule has 22 heavy (non-hydrogen) atoms. The Labute approximate surface area is 146 Å². The van der Waals surface area contributed by atoms with Crippen molar-refractivity contribution in [3.8, 4) is 0 Å². The Bertz CT molecular complexity index is 564. The van der Waals surface area contributed by atoms with Crippen LogP contribution in [-0.4, -0.2) is 17.5 Å². The molecule has 0 aliphatic carbocycles. The van der Waals surface area contributed by atoms with E-state index in [0.717, 1.165) is 12.0 Å². The van der Waals surface area contributed by atoms with Crippen LogP contribution >= 0.6 is 22.6 Å². The maximum Gasteiger partial charge on any atom is 0.256 e. The molecule has 0 radical (unpaired) electrons. The summed E-state index contributed by atoms with van der Waals surface area (Å²) in [5.74, 6) is 0.553. The zero-order chi connectivity index (χ0) is 16.3. The molecule has 0 aromatic heterocycles. The van der Waals surface area contributed by atoms with Gasteiger partial charge in [0.15, 0.2) is 0 Å². The predicted octanol–water partition coefficient (Wildman–Crippen LogP) is 4.72.